The molecule has 2 atom stereocenters. The summed E-state index contributed by atoms with van der Waals surface area (Å²) in [5.74, 6) is -6.18. The lowest BCUT2D eigenvalue weighted by atomic mass is 9.96. The second-order valence-corrected chi connectivity index (χ2v) is 2.95. The number of rotatable bonds is 6. The number of esters is 1. The molecule has 0 bridgehead atoms. The number of halogens is 2. The predicted octanol–water partition coefficient (Wildman–Crippen LogP) is 1.05. The molecule has 0 amide bonds. The molecule has 0 aromatic heterocycles. The maximum atomic E-state index is 12.2. The van der Waals surface area contributed by atoms with Crippen molar-refractivity contribution >= 4 is 11.9 Å². The highest BCUT2D eigenvalue weighted by Crippen LogP contribution is 2.20. The first-order valence-corrected chi connectivity index (χ1v) is 4.51. The number of alkyl halides is 2. The van der Waals surface area contributed by atoms with Gasteiger partial charge in [0, 0.05) is 0 Å². The smallest absolute Gasteiger partial charge is 0.320 e. The summed E-state index contributed by atoms with van der Waals surface area (Å²) in [6.45, 7) is 1.42. The lowest BCUT2D eigenvalue weighted by molar-refractivity contribution is -0.159. The minimum Gasteiger partial charge on any atom is -0.481 e. The largest absolute Gasteiger partial charge is 0.481 e. The highest BCUT2D eigenvalue weighted by molar-refractivity contribution is 5.93. The molecule has 7 heteroatoms. The first-order valence-electron chi connectivity index (χ1n) is 4.51. The average Bonchev–Trinajstić information content (AvgIpc) is 2.18. The third-order valence-corrected chi connectivity index (χ3v) is 1.83. The van der Waals surface area contributed by atoms with Gasteiger partial charge in [0.15, 0.2) is 5.92 Å². The van der Waals surface area contributed by atoms with Gasteiger partial charge in [-0.3, -0.25) is 9.59 Å². The van der Waals surface area contributed by atoms with E-state index >= 15 is 0 Å². The molecule has 0 radical (unpaired) electrons. The number of hydrogen-bond donors (Lipinski definition) is 1. The summed E-state index contributed by atoms with van der Waals surface area (Å²) in [4.78, 5) is 21.7. The van der Waals surface area contributed by atoms with Gasteiger partial charge in [0.05, 0.1) is 12.7 Å². The van der Waals surface area contributed by atoms with Gasteiger partial charge in [-0.2, -0.15) is 5.26 Å². The quantitative estimate of drug-likeness (QED) is 0.549. The molecule has 0 aromatic carbocycles. The molecule has 0 aromatic rings. The van der Waals surface area contributed by atoms with E-state index in [1.807, 2.05) is 0 Å². The molecule has 1 N–H and O–H groups in total. The third-order valence-electron chi connectivity index (χ3n) is 1.83. The number of nitrogens with zero attached hydrogens (tertiary/aromatic N) is 1. The second-order valence-electron chi connectivity index (χ2n) is 2.95. The minimum atomic E-state index is -2.98. The van der Waals surface area contributed by atoms with E-state index in [9.17, 15) is 18.4 Å². The Balaban J connectivity index is 4.63. The van der Waals surface area contributed by atoms with Crippen molar-refractivity contribution in [1.82, 2.24) is 0 Å². The van der Waals surface area contributed by atoms with Gasteiger partial charge in [-0.25, -0.2) is 8.78 Å². The molecule has 2 unspecified atom stereocenters. The number of carboxylic acid groups (broad SMARTS) is 1. The van der Waals surface area contributed by atoms with Crippen molar-refractivity contribution in [1.29, 1.82) is 5.26 Å². The topological polar surface area (TPSA) is 87.4 Å². The van der Waals surface area contributed by atoms with E-state index in [0.29, 0.717) is 0 Å². The molecule has 0 aliphatic heterocycles. The Morgan fingerprint density at radius 1 is 1.50 bits per heavy atom. The van der Waals surface area contributed by atoms with Crippen LogP contribution < -0.4 is 0 Å². The van der Waals surface area contributed by atoms with E-state index in [1.54, 1.807) is 0 Å². The van der Waals surface area contributed by atoms with Crippen LogP contribution in [0.2, 0.25) is 0 Å². The predicted molar refractivity (Wildman–Crippen MR) is 47.5 cm³/mol. The van der Waals surface area contributed by atoms with Crippen LogP contribution in [0.5, 0.6) is 0 Å². The Morgan fingerprint density at radius 2 is 2.06 bits per heavy atom. The van der Waals surface area contributed by atoms with Crippen molar-refractivity contribution in [3.8, 4) is 6.07 Å². The molecule has 5 nitrogen and oxygen atoms in total. The van der Waals surface area contributed by atoms with Crippen LogP contribution in [0.3, 0.4) is 0 Å². The van der Waals surface area contributed by atoms with E-state index in [0.717, 1.165) is 0 Å². The monoisotopic (exact) mass is 235 g/mol. The molecular weight excluding hydrogens is 224 g/mol. The third kappa shape index (κ3) is 4.21. The average molecular weight is 235 g/mol. The summed E-state index contributed by atoms with van der Waals surface area (Å²) >= 11 is 0. The molecule has 0 saturated carbocycles. The number of aliphatic carboxylic acids is 1. The summed E-state index contributed by atoms with van der Waals surface area (Å²) in [5.41, 5.74) is 0. The van der Waals surface area contributed by atoms with Crippen molar-refractivity contribution in [3.05, 3.63) is 0 Å². The fraction of sp³-hybridized carbons (Fsp3) is 0.667. The van der Waals surface area contributed by atoms with E-state index in [-0.39, 0.29) is 6.61 Å². The second kappa shape index (κ2) is 6.71. The lowest BCUT2D eigenvalue weighted by Crippen LogP contribution is -2.29. The molecule has 0 aliphatic carbocycles. The molecule has 0 saturated heterocycles. The zero-order chi connectivity index (χ0) is 12.7. The fourth-order valence-electron chi connectivity index (χ4n) is 1.01. The Hall–Kier alpha value is -1.71. The zero-order valence-corrected chi connectivity index (χ0v) is 8.52. The lowest BCUT2D eigenvalue weighted by Gasteiger charge is -2.13. The van der Waals surface area contributed by atoms with E-state index in [1.165, 1.54) is 13.0 Å². The summed E-state index contributed by atoms with van der Waals surface area (Å²) in [5, 5.41) is 17.0. The fourth-order valence-corrected chi connectivity index (χ4v) is 1.01. The van der Waals surface area contributed by atoms with E-state index in [4.69, 9.17) is 10.4 Å². The molecule has 0 heterocycles. The van der Waals surface area contributed by atoms with Gasteiger partial charge in [-0.1, -0.05) is 0 Å². The van der Waals surface area contributed by atoms with Crippen LogP contribution in [0.4, 0.5) is 8.78 Å². The Labute approximate surface area is 90.6 Å². The van der Waals surface area contributed by atoms with Crippen LogP contribution in [-0.2, 0) is 14.3 Å². The van der Waals surface area contributed by atoms with Crippen molar-refractivity contribution in [2.75, 3.05) is 6.61 Å². The summed E-state index contributed by atoms with van der Waals surface area (Å²) < 4.78 is 28.8. The van der Waals surface area contributed by atoms with Crippen LogP contribution in [0.1, 0.15) is 13.3 Å². The number of nitriles is 1. The highest BCUT2D eigenvalue weighted by atomic mass is 19.3. The highest BCUT2D eigenvalue weighted by Gasteiger charge is 2.34. The summed E-state index contributed by atoms with van der Waals surface area (Å²) in [7, 11) is 0. The standard InChI is InChI=1S/C9H11F2NO4/c1-2-16-9(15)6(8(13)14)3-5(4-12)7(10)11/h5-7H,2-3H2,1H3,(H,13,14). The van der Waals surface area contributed by atoms with Gasteiger partial charge in [0.2, 0.25) is 0 Å². The van der Waals surface area contributed by atoms with Crippen molar-refractivity contribution in [2.24, 2.45) is 11.8 Å². The molecule has 0 aliphatic rings. The number of carbonyl (C=O) groups is 2. The Bertz CT molecular complexity index is 300. The van der Waals surface area contributed by atoms with Crippen LogP contribution in [0.25, 0.3) is 0 Å². The molecular formula is C9H11F2NO4. The van der Waals surface area contributed by atoms with Crippen molar-refractivity contribution in [2.45, 2.75) is 19.8 Å². The SMILES string of the molecule is CCOC(=O)C(CC(C#N)C(F)F)C(=O)O. The maximum absolute atomic E-state index is 12.2. The maximum Gasteiger partial charge on any atom is 0.320 e. The number of ether oxygens (including phenoxy) is 1. The van der Waals surface area contributed by atoms with Crippen LogP contribution in [-0.4, -0.2) is 30.1 Å². The number of hydrogen-bond acceptors (Lipinski definition) is 4. The van der Waals surface area contributed by atoms with Crippen LogP contribution >= 0.6 is 0 Å². The Kier molecular flexibility index (Phi) is 6.00. The molecule has 0 spiro atoms. The van der Waals surface area contributed by atoms with Crippen molar-refractivity contribution < 1.29 is 28.2 Å². The van der Waals surface area contributed by atoms with Gasteiger partial charge in [0.1, 0.15) is 5.92 Å². The van der Waals surface area contributed by atoms with Gasteiger partial charge in [-0.15, -0.1) is 0 Å². The zero-order valence-electron chi connectivity index (χ0n) is 8.52. The van der Waals surface area contributed by atoms with Gasteiger partial charge in [-0.05, 0) is 13.3 Å². The summed E-state index contributed by atoms with van der Waals surface area (Å²) in [6.07, 6.45) is -3.73. The number of carbonyl (C=O) groups excluding carboxylic acids is 1. The molecule has 0 fully saturated rings. The molecule has 0 rings (SSSR count). The molecule has 90 valence electrons. The van der Waals surface area contributed by atoms with Gasteiger partial charge in [0.25, 0.3) is 6.43 Å². The van der Waals surface area contributed by atoms with Crippen LogP contribution in [0.15, 0.2) is 0 Å². The first kappa shape index (κ1) is 14.3. The van der Waals surface area contributed by atoms with Crippen molar-refractivity contribution in [3.63, 3.8) is 0 Å². The Morgan fingerprint density at radius 3 is 2.38 bits per heavy atom. The van der Waals surface area contributed by atoms with Gasteiger partial charge >= 0.3 is 11.9 Å². The van der Waals surface area contributed by atoms with E-state index < -0.39 is 36.6 Å². The first-order chi connectivity index (χ1) is 7.43. The normalized spacial score (nSPS) is 13.9. The van der Waals surface area contributed by atoms with Crippen LogP contribution in [0, 0.1) is 23.2 Å². The molecule has 16 heavy (non-hydrogen) atoms. The number of carboxylic acids is 1. The van der Waals surface area contributed by atoms with E-state index in [2.05, 4.69) is 4.74 Å². The minimum absolute atomic E-state index is 0.0471. The summed E-state index contributed by atoms with van der Waals surface area (Å²) in [6, 6.07) is 1.26. The van der Waals surface area contributed by atoms with Gasteiger partial charge < -0.3 is 9.84 Å².